The van der Waals surface area contributed by atoms with Crippen molar-refractivity contribution in [1.82, 2.24) is 20.6 Å². The Kier molecular flexibility index (Phi) is 5.65. The zero-order valence-electron chi connectivity index (χ0n) is 9.72. The molecule has 0 aliphatic carbocycles. The number of aliphatic hydroxyl groups excluding tert-OH is 1. The fourth-order valence-corrected chi connectivity index (χ4v) is 1.29. The summed E-state index contributed by atoms with van der Waals surface area (Å²) in [5.74, 6) is -0.445. The van der Waals surface area contributed by atoms with Crippen LogP contribution in [0.15, 0.2) is 12.4 Å². The summed E-state index contributed by atoms with van der Waals surface area (Å²) in [6, 6.07) is -1.90. The third kappa shape index (κ3) is 4.83. The van der Waals surface area contributed by atoms with E-state index >= 15 is 0 Å². The van der Waals surface area contributed by atoms with E-state index in [9.17, 15) is 9.59 Å². The van der Waals surface area contributed by atoms with Gasteiger partial charge < -0.3 is 25.8 Å². The highest BCUT2D eigenvalue weighted by Crippen LogP contribution is 1.93. The number of urea groups is 1. The zero-order valence-corrected chi connectivity index (χ0v) is 9.72. The summed E-state index contributed by atoms with van der Waals surface area (Å²) in [6.45, 7) is -0.251. The monoisotopic (exact) mass is 256 g/mol. The quantitative estimate of drug-likeness (QED) is 0.403. The van der Waals surface area contributed by atoms with Gasteiger partial charge in [0.15, 0.2) is 6.04 Å². The zero-order chi connectivity index (χ0) is 13.4. The number of aliphatic hydroxyl groups is 1. The topological polar surface area (TPSA) is 127 Å². The van der Waals surface area contributed by atoms with Crippen molar-refractivity contribution >= 4 is 12.0 Å². The van der Waals surface area contributed by atoms with Crippen molar-refractivity contribution in [3.63, 3.8) is 0 Å². The first-order valence-corrected chi connectivity index (χ1v) is 5.49. The van der Waals surface area contributed by atoms with Gasteiger partial charge in [0.2, 0.25) is 0 Å². The number of nitrogens with zero attached hydrogens (tertiary/aromatic N) is 1. The molecule has 1 atom stereocenters. The molecule has 0 aliphatic rings. The smallest absolute Gasteiger partial charge is 0.328 e. The molecule has 2 amide bonds. The maximum Gasteiger partial charge on any atom is 0.328 e. The maximum atomic E-state index is 11.3. The fraction of sp³-hybridized carbons (Fsp3) is 0.500. The largest absolute Gasteiger partial charge is 0.480 e. The van der Waals surface area contributed by atoms with Gasteiger partial charge in [-0.1, -0.05) is 0 Å². The summed E-state index contributed by atoms with van der Waals surface area (Å²) in [5, 5.41) is 21.9. The number of carbonyl (C=O) groups excluding carboxylic acids is 1. The van der Waals surface area contributed by atoms with Gasteiger partial charge in [0.25, 0.3) is 0 Å². The first-order chi connectivity index (χ1) is 8.63. The molecule has 18 heavy (non-hydrogen) atoms. The van der Waals surface area contributed by atoms with Crippen LogP contribution in [0.1, 0.15) is 12.2 Å². The molecule has 1 aromatic heterocycles. The second-order valence-corrected chi connectivity index (χ2v) is 3.61. The molecule has 1 aromatic rings. The van der Waals surface area contributed by atoms with Gasteiger partial charge in [0, 0.05) is 25.4 Å². The number of nitrogens with one attached hydrogen (secondary N) is 3. The lowest BCUT2D eigenvalue weighted by Crippen LogP contribution is -2.48. The summed E-state index contributed by atoms with van der Waals surface area (Å²) in [7, 11) is 0. The van der Waals surface area contributed by atoms with Gasteiger partial charge in [0.05, 0.1) is 6.61 Å². The number of carboxylic acids is 1. The number of aryl methyl sites for hydroxylation is 1. The van der Waals surface area contributed by atoms with Crippen LogP contribution >= 0.6 is 0 Å². The van der Waals surface area contributed by atoms with E-state index in [1.807, 2.05) is 0 Å². The van der Waals surface area contributed by atoms with E-state index < -0.39 is 24.6 Å². The van der Waals surface area contributed by atoms with Crippen LogP contribution in [0.2, 0.25) is 0 Å². The average molecular weight is 256 g/mol. The fourth-order valence-electron chi connectivity index (χ4n) is 1.29. The van der Waals surface area contributed by atoms with Crippen LogP contribution in [-0.2, 0) is 11.2 Å². The number of amides is 2. The third-order valence-electron chi connectivity index (χ3n) is 2.22. The second kappa shape index (κ2) is 7.28. The molecule has 1 heterocycles. The predicted molar refractivity (Wildman–Crippen MR) is 62.0 cm³/mol. The van der Waals surface area contributed by atoms with Crippen molar-refractivity contribution < 1.29 is 19.8 Å². The van der Waals surface area contributed by atoms with Crippen LogP contribution in [0.3, 0.4) is 0 Å². The Morgan fingerprint density at radius 1 is 1.50 bits per heavy atom. The minimum atomic E-state index is -1.28. The Labute approximate surface area is 103 Å². The second-order valence-electron chi connectivity index (χ2n) is 3.61. The number of aromatic nitrogens is 2. The molecular formula is C10H16N4O4. The molecule has 0 saturated carbocycles. The Bertz CT molecular complexity index is 379. The standard InChI is InChI=1S/C10H16N4O4/c15-6-7(9(16)17)14-10(18)13-3-1-2-8-11-4-5-12-8/h4-5,7,15H,1-3,6H2,(H,11,12)(H,16,17)(H2,13,14,18)/t7-/m1/s1. The normalized spacial score (nSPS) is 11.8. The predicted octanol–water partition coefficient (Wildman–Crippen LogP) is -0.913. The molecule has 0 aliphatic heterocycles. The lowest BCUT2D eigenvalue weighted by Gasteiger charge is -2.12. The lowest BCUT2D eigenvalue weighted by atomic mass is 10.3. The average Bonchev–Trinajstić information content (AvgIpc) is 2.84. The van der Waals surface area contributed by atoms with E-state index in [1.54, 1.807) is 12.4 Å². The van der Waals surface area contributed by atoms with Crippen molar-refractivity contribution in [2.45, 2.75) is 18.9 Å². The molecule has 0 saturated heterocycles. The van der Waals surface area contributed by atoms with Crippen molar-refractivity contribution in [2.75, 3.05) is 13.2 Å². The highest BCUT2D eigenvalue weighted by Gasteiger charge is 2.17. The number of carbonyl (C=O) groups is 2. The van der Waals surface area contributed by atoms with E-state index in [-0.39, 0.29) is 0 Å². The SMILES string of the molecule is O=C(NCCCc1ncc[nH]1)N[C@H](CO)C(=O)O. The minimum absolute atomic E-state index is 0.393. The van der Waals surface area contributed by atoms with E-state index in [0.717, 1.165) is 5.82 Å². The molecule has 8 heteroatoms. The minimum Gasteiger partial charge on any atom is -0.480 e. The summed E-state index contributed by atoms with van der Waals surface area (Å²) in [5.41, 5.74) is 0. The Balaban J connectivity index is 2.15. The highest BCUT2D eigenvalue weighted by molar-refractivity contribution is 5.82. The highest BCUT2D eigenvalue weighted by atomic mass is 16.4. The molecule has 5 N–H and O–H groups in total. The molecule has 0 spiro atoms. The maximum absolute atomic E-state index is 11.3. The third-order valence-corrected chi connectivity index (χ3v) is 2.22. The number of imidazole rings is 1. The number of aromatic amines is 1. The van der Waals surface area contributed by atoms with Crippen LogP contribution in [0, 0.1) is 0 Å². The Morgan fingerprint density at radius 2 is 2.28 bits per heavy atom. The molecule has 0 unspecified atom stereocenters. The summed E-state index contributed by atoms with van der Waals surface area (Å²) >= 11 is 0. The van der Waals surface area contributed by atoms with Crippen LogP contribution < -0.4 is 10.6 Å². The van der Waals surface area contributed by atoms with Gasteiger partial charge in [-0.2, -0.15) is 0 Å². The van der Waals surface area contributed by atoms with Gasteiger partial charge >= 0.3 is 12.0 Å². The van der Waals surface area contributed by atoms with E-state index in [0.29, 0.717) is 19.4 Å². The molecular weight excluding hydrogens is 240 g/mol. The first kappa shape index (κ1) is 14.0. The van der Waals surface area contributed by atoms with Gasteiger partial charge in [-0.3, -0.25) is 0 Å². The lowest BCUT2D eigenvalue weighted by molar-refractivity contribution is -0.140. The van der Waals surface area contributed by atoms with Crippen LogP contribution in [0.4, 0.5) is 4.79 Å². The van der Waals surface area contributed by atoms with Crippen molar-refractivity contribution in [3.05, 3.63) is 18.2 Å². The number of H-pyrrole nitrogens is 1. The molecule has 100 valence electrons. The molecule has 0 aromatic carbocycles. The van der Waals surface area contributed by atoms with Gasteiger partial charge in [-0.25, -0.2) is 14.6 Å². The van der Waals surface area contributed by atoms with Crippen molar-refractivity contribution in [2.24, 2.45) is 0 Å². The van der Waals surface area contributed by atoms with E-state index in [2.05, 4.69) is 20.6 Å². The van der Waals surface area contributed by atoms with Crippen LogP contribution in [0.5, 0.6) is 0 Å². The molecule has 0 radical (unpaired) electrons. The Hall–Kier alpha value is -2.09. The van der Waals surface area contributed by atoms with Gasteiger partial charge in [-0.05, 0) is 6.42 Å². The van der Waals surface area contributed by atoms with Crippen LogP contribution in [-0.4, -0.2) is 51.4 Å². The molecule has 0 bridgehead atoms. The first-order valence-electron chi connectivity index (χ1n) is 5.49. The number of hydrogen-bond donors (Lipinski definition) is 5. The van der Waals surface area contributed by atoms with Gasteiger partial charge in [0.1, 0.15) is 5.82 Å². The number of hydrogen-bond acceptors (Lipinski definition) is 4. The number of aliphatic carboxylic acids is 1. The van der Waals surface area contributed by atoms with E-state index in [4.69, 9.17) is 10.2 Å². The molecule has 8 nitrogen and oxygen atoms in total. The van der Waals surface area contributed by atoms with E-state index in [1.165, 1.54) is 0 Å². The van der Waals surface area contributed by atoms with Crippen LogP contribution in [0.25, 0.3) is 0 Å². The number of carboxylic acid groups (broad SMARTS) is 1. The number of rotatable bonds is 7. The Morgan fingerprint density at radius 3 is 2.83 bits per heavy atom. The van der Waals surface area contributed by atoms with Crippen molar-refractivity contribution in [3.8, 4) is 0 Å². The summed E-state index contributed by atoms with van der Waals surface area (Å²) in [4.78, 5) is 28.7. The summed E-state index contributed by atoms with van der Waals surface area (Å²) in [6.07, 6.45) is 4.73. The summed E-state index contributed by atoms with van der Waals surface area (Å²) < 4.78 is 0. The molecule has 0 fully saturated rings. The van der Waals surface area contributed by atoms with Gasteiger partial charge in [-0.15, -0.1) is 0 Å². The molecule has 1 rings (SSSR count). The van der Waals surface area contributed by atoms with Crippen molar-refractivity contribution in [1.29, 1.82) is 0 Å².